The number of nitrogens with one attached hydrogen (secondary N) is 1. The van der Waals surface area contributed by atoms with E-state index in [0.717, 1.165) is 22.0 Å². The third-order valence-corrected chi connectivity index (χ3v) is 8.63. The van der Waals surface area contributed by atoms with E-state index in [1.807, 2.05) is 42.2 Å². The minimum absolute atomic E-state index is 0.109. The summed E-state index contributed by atoms with van der Waals surface area (Å²) in [4.78, 5) is 12.1. The van der Waals surface area contributed by atoms with Crippen LogP contribution < -0.4 is 16.0 Å². The number of nitrogens with two attached hydrogens (primary N) is 1. The lowest BCUT2D eigenvalue weighted by Gasteiger charge is -2.38. The van der Waals surface area contributed by atoms with Gasteiger partial charge < -0.3 is 20.7 Å². The van der Waals surface area contributed by atoms with Crippen molar-refractivity contribution in [1.82, 2.24) is 9.97 Å². The first-order chi connectivity index (χ1) is 16.7. The van der Waals surface area contributed by atoms with E-state index in [1.54, 1.807) is 12.1 Å². The molecule has 8 nitrogen and oxygen atoms in total. The van der Waals surface area contributed by atoms with Crippen molar-refractivity contribution in [2.45, 2.75) is 30.3 Å². The molecule has 0 spiro atoms. The van der Waals surface area contributed by atoms with E-state index >= 15 is 0 Å². The Kier molecular flexibility index (Phi) is 6.32. The Labute approximate surface area is 203 Å². The fourth-order valence-electron chi connectivity index (χ4n) is 4.29. The van der Waals surface area contributed by atoms with Gasteiger partial charge in [-0.15, -0.1) is 0 Å². The number of fused-ring (bicyclic) bond motifs is 2. The van der Waals surface area contributed by atoms with E-state index in [-0.39, 0.29) is 5.75 Å². The number of ether oxygens (including phenoxy) is 1. The number of hydrogen-bond acceptors (Lipinski definition) is 8. The zero-order valence-corrected chi connectivity index (χ0v) is 20.2. The lowest BCUT2D eigenvalue weighted by Crippen LogP contribution is -2.61. The molecule has 1 fully saturated rings. The molecule has 1 saturated heterocycles. The maximum absolute atomic E-state index is 13.7. The molecule has 0 amide bonds. The van der Waals surface area contributed by atoms with Crippen LogP contribution in [-0.4, -0.2) is 64.7 Å². The minimum Gasteiger partial charge on any atom is -0.377 e. The predicted octanol–water partition coefficient (Wildman–Crippen LogP) is 3.19. The minimum atomic E-state index is -3.00. The predicted molar refractivity (Wildman–Crippen MR) is 133 cm³/mol. The maximum atomic E-state index is 13.7. The first-order valence-electron chi connectivity index (χ1n) is 11.5. The van der Waals surface area contributed by atoms with Gasteiger partial charge in [0.05, 0.1) is 44.6 Å². The van der Waals surface area contributed by atoms with E-state index in [9.17, 15) is 13.0 Å². The van der Waals surface area contributed by atoms with Crippen LogP contribution >= 0.6 is 0 Å². The van der Waals surface area contributed by atoms with Crippen LogP contribution in [0.15, 0.2) is 51.7 Å². The topological polar surface area (TPSA) is 106 Å². The zero-order valence-electron chi connectivity index (χ0n) is 19.4. The lowest BCUT2D eigenvalue weighted by molar-refractivity contribution is -0.0461. The number of aryl methyl sites for hydroxylation is 1. The summed E-state index contributed by atoms with van der Waals surface area (Å²) in [6.07, 6.45) is -2.65. The van der Waals surface area contributed by atoms with Crippen LogP contribution in [0.5, 0.6) is 0 Å². The zero-order chi connectivity index (χ0) is 24.6. The number of aromatic nitrogens is 2. The smallest absolute Gasteiger partial charge is 0.258 e. The monoisotopic (exact) mass is 502 g/mol. The van der Waals surface area contributed by atoms with Crippen molar-refractivity contribution < 1.29 is 17.7 Å². The van der Waals surface area contributed by atoms with Gasteiger partial charge in [0.15, 0.2) is 0 Å². The summed E-state index contributed by atoms with van der Waals surface area (Å²) in [5, 5.41) is 4.26. The second kappa shape index (κ2) is 9.29. The summed E-state index contributed by atoms with van der Waals surface area (Å²) in [5.41, 5.74) is 8.49. The molecule has 2 aliphatic rings. The van der Waals surface area contributed by atoms with E-state index in [1.165, 1.54) is 0 Å². The molecule has 0 bridgehead atoms. The van der Waals surface area contributed by atoms with E-state index in [2.05, 4.69) is 9.68 Å². The maximum Gasteiger partial charge on any atom is 0.258 e. The van der Waals surface area contributed by atoms with Gasteiger partial charge in [0.1, 0.15) is 12.4 Å². The van der Waals surface area contributed by atoms with Crippen molar-refractivity contribution in [3.63, 3.8) is 0 Å². The highest BCUT2D eigenvalue weighted by atomic mass is 32.2. The van der Waals surface area contributed by atoms with Crippen molar-refractivity contribution >= 4 is 32.4 Å². The Morgan fingerprint density at radius 3 is 2.80 bits per heavy atom. The summed E-state index contributed by atoms with van der Waals surface area (Å²) >= 11 is 0. The van der Waals surface area contributed by atoms with E-state index < -0.39 is 28.2 Å². The average Bonchev–Trinajstić information content (AvgIpc) is 2.97. The van der Waals surface area contributed by atoms with Gasteiger partial charge >= 0.3 is 0 Å². The molecule has 5 rings (SSSR count). The molecule has 0 aliphatic carbocycles. The van der Waals surface area contributed by atoms with E-state index in [0.29, 0.717) is 49.5 Å². The number of nitrogens with zero attached hydrogens (tertiary/aromatic N) is 4. The molecule has 3 N–H and O–H groups in total. The molecule has 1 unspecified atom stereocenters. The quantitative estimate of drug-likeness (QED) is 0.533. The standard InChI is InChI=1S/C24H28F2N6O2S/c1-16-6-7-19-18(10-16)22(28-13-24(27)14-34-15-24)31-23(30-19)32-8-9-35(33,29-11-21(25)26)20-5-3-2-4-17(20)12-32/h2-7,10,21H,8-9,11-15,27H2,1H3,(H,28,30,31). The lowest BCUT2D eigenvalue weighted by atomic mass is 9.99. The van der Waals surface area contributed by atoms with Crippen LogP contribution in [0.25, 0.3) is 10.9 Å². The highest BCUT2D eigenvalue weighted by Crippen LogP contribution is 2.30. The summed E-state index contributed by atoms with van der Waals surface area (Å²) in [7, 11) is -3.00. The van der Waals surface area contributed by atoms with Gasteiger partial charge in [-0.1, -0.05) is 29.8 Å². The van der Waals surface area contributed by atoms with Gasteiger partial charge in [0, 0.05) is 25.0 Å². The molecule has 2 aromatic carbocycles. The molecule has 3 heterocycles. The fourth-order valence-corrected chi connectivity index (χ4v) is 6.43. The second-order valence-electron chi connectivity index (χ2n) is 9.18. The van der Waals surface area contributed by atoms with Crippen molar-refractivity contribution in [3.8, 4) is 0 Å². The number of rotatable bonds is 6. The summed E-state index contributed by atoms with van der Waals surface area (Å²) in [6, 6.07) is 13.1. The molecular weight excluding hydrogens is 474 g/mol. The first-order valence-corrected chi connectivity index (χ1v) is 13.1. The van der Waals surface area contributed by atoms with Crippen molar-refractivity contribution in [1.29, 1.82) is 0 Å². The van der Waals surface area contributed by atoms with Crippen molar-refractivity contribution in [2.24, 2.45) is 10.1 Å². The molecule has 3 aromatic rings. The number of benzene rings is 2. The Bertz CT molecular complexity index is 1370. The molecular formula is C24H28F2N6O2S. The summed E-state index contributed by atoms with van der Waals surface area (Å²) in [5.74, 6) is 1.23. The number of anilines is 2. The highest BCUT2D eigenvalue weighted by Gasteiger charge is 2.34. The molecule has 0 saturated carbocycles. The van der Waals surface area contributed by atoms with Crippen molar-refractivity contribution in [2.75, 3.05) is 48.8 Å². The van der Waals surface area contributed by atoms with Crippen LogP contribution in [0.1, 0.15) is 11.1 Å². The molecule has 35 heavy (non-hydrogen) atoms. The fraction of sp³-hybridized carbons (Fsp3) is 0.417. The van der Waals surface area contributed by atoms with Gasteiger partial charge in [-0.3, -0.25) is 0 Å². The Morgan fingerprint density at radius 2 is 2.06 bits per heavy atom. The highest BCUT2D eigenvalue weighted by molar-refractivity contribution is 7.93. The third-order valence-electron chi connectivity index (χ3n) is 6.25. The Hall–Kier alpha value is -2.89. The normalized spacial score (nSPS) is 21.3. The second-order valence-corrected chi connectivity index (χ2v) is 11.6. The number of alkyl halides is 2. The molecule has 186 valence electrons. The van der Waals surface area contributed by atoms with Crippen LogP contribution in [0.3, 0.4) is 0 Å². The Balaban J connectivity index is 1.53. The molecule has 2 aliphatic heterocycles. The number of hydrogen-bond donors (Lipinski definition) is 2. The Morgan fingerprint density at radius 1 is 1.26 bits per heavy atom. The van der Waals surface area contributed by atoms with Crippen LogP contribution in [0, 0.1) is 6.92 Å². The van der Waals surface area contributed by atoms with Gasteiger partial charge in [-0.2, -0.15) is 4.98 Å². The van der Waals surface area contributed by atoms with Crippen LogP contribution in [0.4, 0.5) is 20.5 Å². The summed E-state index contributed by atoms with van der Waals surface area (Å²) in [6.45, 7) is 3.41. The van der Waals surface area contributed by atoms with Crippen LogP contribution in [0.2, 0.25) is 0 Å². The molecule has 1 atom stereocenters. The number of halogens is 2. The van der Waals surface area contributed by atoms with Crippen molar-refractivity contribution in [3.05, 3.63) is 53.6 Å². The van der Waals surface area contributed by atoms with Gasteiger partial charge in [0.2, 0.25) is 5.95 Å². The van der Waals surface area contributed by atoms with Crippen LogP contribution in [-0.2, 0) is 21.0 Å². The van der Waals surface area contributed by atoms with E-state index in [4.69, 9.17) is 20.4 Å². The molecule has 11 heteroatoms. The average molecular weight is 503 g/mol. The van der Waals surface area contributed by atoms with Gasteiger partial charge in [-0.05, 0) is 30.7 Å². The molecule has 0 radical (unpaired) electrons. The SMILES string of the molecule is Cc1ccc2nc(N3CCS(=O)(=NCC(F)F)c4ccccc4C3)nc(NCC3(N)COC3)c2c1. The largest absolute Gasteiger partial charge is 0.377 e. The third kappa shape index (κ3) is 4.93. The van der Waals surface area contributed by atoms with Gasteiger partial charge in [-0.25, -0.2) is 22.3 Å². The van der Waals surface area contributed by atoms with Gasteiger partial charge in [0.25, 0.3) is 6.43 Å². The first kappa shape index (κ1) is 23.8. The summed E-state index contributed by atoms with van der Waals surface area (Å²) < 4.78 is 48.7. The molecule has 1 aromatic heterocycles.